The van der Waals surface area contributed by atoms with E-state index in [0.717, 1.165) is 36.8 Å². The highest BCUT2D eigenvalue weighted by molar-refractivity contribution is 6.10. The number of nitrogens with zero attached hydrogens (tertiary/aromatic N) is 4. The zero-order valence-electron chi connectivity index (χ0n) is 16.8. The number of aliphatic imine (C=N–C) groups is 1. The molecule has 2 atom stereocenters. The zero-order valence-corrected chi connectivity index (χ0v) is 16.8. The molecule has 2 unspecified atom stereocenters. The van der Waals surface area contributed by atoms with Gasteiger partial charge in [-0.25, -0.2) is 10.4 Å². The summed E-state index contributed by atoms with van der Waals surface area (Å²) >= 11 is 0. The molecule has 1 aromatic carbocycles. The first-order chi connectivity index (χ1) is 13.7. The van der Waals surface area contributed by atoms with E-state index in [1.165, 1.54) is 36.9 Å². The van der Waals surface area contributed by atoms with Crippen LogP contribution in [0.25, 0.3) is 0 Å². The van der Waals surface area contributed by atoms with Gasteiger partial charge in [-0.2, -0.15) is 5.10 Å². The lowest BCUT2D eigenvalue weighted by Crippen LogP contribution is -2.50. The number of rotatable bonds is 4. The van der Waals surface area contributed by atoms with Gasteiger partial charge in [-0.05, 0) is 75.4 Å². The molecule has 0 amide bonds. The third kappa shape index (κ3) is 3.30. The summed E-state index contributed by atoms with van der Waals surface area (Å²) in [7, 11) is 3.91. The summed E-state index contributed by atoms with van der Waals surface area (Å²) in [6, 6.07) is 7.01. The summed E-state index contributed by atoms with van der Waals surface area (Å²) in [6.07, 6.45) is 10.3. The van der Waals surface area contributed by atoms with E-state index in [0.29, 0.717) is 12.0 Å². The normalized spacial score (nSPS) is 28.9. The van der Waals surface area contributed by atoms with E-state index >= 15 is 0 Å². The number of guanidine groups is 1. The fourth-order valence-electron chi connectivity index (χ4n) is 4.61. The number of benzene rings is 1. The molecule has 1 aliphatic carbocycles. The van der Waals surface area contributed by atoms with Gasteiger partial charge in [0.2, 0.25) is 5.96 Å². The van der Waals surface area contributed by atoms with Crippen molar-refractivity contribution in [2.45, 2.75) is 50.1 Å². The van der Waals surface area contributed by atoms with Crippen molar-refractivity contribution in [3.8, 4) is 5.75 Å². The Kier molecular flexibility index (Phi) is 4.59. The second kappa shape index (κ2) is 7.24. The first kappa shape index (κ1) is 17.7. The minimum Gasteiger partial charge on any atom is -0.497 e. The highest BCUT2D eigenvalue weighted by atomic mass is 16.5. The fraction of sp³-hybridized carbons (Fsp3) is 0.545. The number of methoxy groups -OCH3 is 1. The lowest BCUT2D eigenvalue weighted by atomic mass is 9.93. The molecule has 6 nitrogen and oxygen atoms in total. The largest absolute Gasteiger partial charge is 0.497 e. The van der Waals surface area contributed by atoms with Crippen molar-refractivity contribution >= 4 is 11.7 Å². The van der Waals surface area contributed by atoms with Crippen LogP contribution in [0.2, 0.25) is 0 Å². The van der Waals surface area contributed by atoms with Crippen LogP contribution >= 0.6 is 0 Å². The average Bonchev–Trinajstić information content (AvgIpc) is 3.44. The predicted molar refractivity (Wildman–Crippen MR) is 112 cm³/mol. The third-order valence-corrected chi connectivity index (χ3v) is 6.25. The van der Waals surface area contributed by atoms with Crippen LogP contribution in [0.4, 0.5) is 0 Å². The van der Waals surface area contributed by atoms with Gasteiger partial charge in [0.25, 0.3) is 0 Å². The molecule has 2 fully saturated rings. The van der Waals surface area contributed by atoms with Crippen molar-refractivity contribution < 1.29 is 4.74 Å². The average molecular weight is 380 g/mol. The zero-order chi connectivity index (χ0) is 19.1. The third-order valence-electron chi connectivity index (χ3n) is 6.25. The van der Waals surface area contributed by atoms with Crippen LogP contribution in [0.15, 0.2) is 40.6 Å². The quantitative estimate of drug-likeness (QED) is 0.874. The molecule has 6 heteroatoms. The van der Waals surface area contributed by atoms with Crippen molar-refractivity contribution in [2.24, 2.45) is 10.1 Å². The van der Waals surface area contributed by atoms with E-state index in [9.17, 15) is 0 Å². The Morgan fingerprint density at radius 2 is 2.14 bits per heavy atom. The number of hydrogen-bond donors (Lipinski definition) is 1. The maximum absolute atomic E-state index is 5.47. The Labute approximate surface area is 167 Å². The molecule has 1 aromatic rings. The molecular formula is C22H29N5O. The molecule has 5 rings (SSSR count). The lowest BCUT2D eigenvalue weighted by molar-refractivity contribution is 0.251. The van der Waals surface area contributed by atoms with Crippen LogP contribution in [0.3, 0.4) is 0 Å². The Balaban J connectivity index is 1.46. The second-order valence-electron chi connectivity index (χ2n) is 8.39. The number of nitrogens with one attached hydrogen (secondary N) is 1. The lowest BCUT2D eigenvalue weighted by Gasteiger charge is -2.34. The van der Waals surface area contributed by atoms with E-state index in [2.05, 4.69) is 52.7 Å². The molecule has 1 saturated carbocycles. The summed E-state index contributed by atoms with van der Waals surface area (Å²) in [5.41, 5.74) is 7.03. The SMILES string of the molecule is COc1ccc(C2=NNC(=NC3CCCN(C)C3)N3C=CCC23)c(C2CC2)c1. The van der Waals surface area contributed by atoms with E-state index < -0.39 is 0 Å². The van der Waals surface area contributed by atoms with E-state index in [-0.39, 0.29) is 6.04 Å². The fourth-order valence-corrected chi connectivity index (χ4v) is 4.61. The maximum atomic E-state index is 5.47. The summed E-state index contributed by atoms with van der Waals surface area (Å²) in [4.78, 5) is 9.67. The molecular weight excluding hydrogens is 350 g/mol. The minimum absolute atomic E-state index is 0.229. The van der Waals surface area contributed by atoms with Crippen molar-refractivity contribution in [3.05, 3.63) is 41.6 Å². The molecule has 0 bridgehead atoms. The van der Waals surface area contributed by atoms with Crippen LogP contribution < -0.4 is 10.2 Å². The van der Waals surface area contributed by atoms with E-state index in [4.69, 9.17) is 14.8 Å². The Morgan fingerprint density at radius 1 is 1.25 bits per heavy atom. The topological polar surface area (TPSA) is 52.5 Å². The first-order valence-electron chi connectivity index (χ1n) is 10.5. The van der Waals surface area contributed by atoms with Gasteiger partial charge in [-0.3, -0.25) is 0 Å². The van der Waals surface area contributed by atoms with Crippen LogP contribution in [-0.4, -0.2) is 60.8 Å². The van der Waals surface area contributed by atoms with Gasteiger partial charge in [0.1, 0.15) is 5.75 Å². The summed E-state index contributed by atoms with van der Waals surface area (Å²) in [5, 5.41) is 4.83. The van der Waals surface area contributed by atoms with Gasteiger partial charge in [-0.1, -0.05) is 6.08 Å². The van der Waals surface area contributed by atoms with Gasteiger partial charge in [0.15, 0.2) is 0 Å². The molecule has 3 heterocycles. The smallest absolute Gasteiger partial charge is 0.219 e. The molecule has 3 aliphatic heterocycles. The molecule has 1 saturated heterocycles. The molecule has 4 aliphatic rings. The Hall–Kier alpha value is -2.34. The number of piperidine rings is 1. The number of hydrazone groups is 1. The van der Waals surface area contributed by atoms with Crippen LogP contribution in [-0.2, 0) is 0 Å². The maximum Gasteiger partial charge on any atom is 0.219 e. The number of hydrogen-bond acceptors (Lipinski definition) is 4. The minimum atomic E-state index is 0.229. The summed E-state index contributed by atoms with van der Waals surface area (Å²) < 4.78 is 5.47. The van der Waals surface area contributed by atoms with E-state index in [1.807, 2.05) is 0 Å². The predicted octanol–water partition coefficient (Wildman–Crippen LogP) is 2.92. The van der Waals surface area contributed by atoms with Crippen LogP contribution in [0.5, 0.6) is 5.75 Å². The number of likely N-dealkylation sites (tertiary alicyclic amines) is 1. The van der Waals surface area contributed by atoms with Crippen LogP contribution in [0.1, 0.15) is 49.1 Å². The van der Waals surface area contributed by atoms with Gasteiger partial charge in [0.05, 0.1) is 24.9 Å². The van der Waals surface area contributed by atoms with Gasteiger partial charge in [-0.15, -0.1) is 0 Å². The molecule has 148 valence electrons. The molecule has 28 heavy (non-hydrogen) atoms. The van der Waals surface area contributed by atoms with Crippen LogP contribution in [0, 0.1) is 0 Å². The van der Waals surface area contributed by atoms with Crippen molar-refractivity contribution in [3.63, 3.8) is 0 Å². The number of likely N-dealkylation sites (N-methyl/N-ethyl adjacent to an activating group) is 1. The van der Waals surface area contributed by atoms with Gasteiger partial charge in [0, 0.05) is 18.3 Å². The van der Waals surface area contributed by atoms with Crippen molar-refractivity contribution in [2.75, 3.05) is 27.2 Å². The molecule has 0 radical (unpaired) electrons. The molecule has 0 aromatic heterocycles. The van der Waals surface area contributed by atoms with Gasteiger partial charge < -0.3 is 14.5 Å². The number of ether oxygens (including phenoxy) is 1. The van der Waals surface area contributed by atoms with Gasteiger partial charge >= 0.3 is 0 Å². The summed E-state index contributed by atoms with van der Waals surface area (Å²) in [5.74, 6) is 2.47. The molecule has 1 N–H and O–H groups in total. The van der Waals surface area contributed by atoms with Crippen molar-refractivity contribution in [1.82, 2.24) is 15.2 Å². The monoisotopic (exact) mass is 379 g/mol. The first-order valence-corrected chi connectivity index (χ1v) is 10.5. The standard InChI is InChI=1S/C22H29N5O/c1-26-11-3-5-16(14-26)23-22-25-24-21(20-6-4-12-27(20)22)18-10-9-17(28-2)13-19(18)15-7-8-15/h4,9-10,12-13,15-16,20H,3,5-8,11,14H2,1-2H3,(H,23,25). The summed E-state index contributed by atoms with van der Waals surface area (Å²) in [6.45, 7) is 2.19. The van der Waals surface area contributed by atoms with E-state index in [1.54, 1.807) is 7.11 Å². The van der Waals surface area contributed by atoms with Crippen molar-refractivity contribution in [1.29, 1.82) is 0 Å². The number of fused-ring (bicyclic) bond motifs is 1. The second-order valence-corrected chi connectivity index (χ2v) is 8.39. The molecule has 0 spiro atoms. The Morgan fingerprint density at radius 3 is 2.93 bits per heavy atom. The highest BCUT2D eigenvalue weighted by Crippen LogP contribution is 2.43. The highest BCUT2D eigenvalue weighted by Gasteiger charge is 2.36. The Bertz CT molecular complexity index is 841.